The normalized spacial score (nSPS) is 11.6. The Balaban J connectivity index is 2.19. The molecule has 0 aliphatic carbocycles. The summed E-state index contributed by atoms with van der Waals surface area (Å²) in [5.41, 5.74) is 6.10. The van der Waals surface area contributed by atoms with Crippen LogP contribution >= 0.6 is 11.3 Å². The van der Waals surface area contributed by atoms with Crippen LogP contribution in [-0.2, 0) is 4.79 Å². The second kappa shape index (κ2) is 7.31. The van der Waals surface area contributed by atoms with Gasteiger partial charge < -0.3 is 15.8 Å². The Kier molecular flexibility index (Phi) is 5.38. The van der Waals surface area contributed by atoms with Crippen LogP contribution in [0, 0.1) is 24.0 Å². The van der Waals surface area contributed by atoms with Crippen LogP contribution in [0.4, 0.5) is 10.7 Å². The molecular weight excluding hydrogens is 346 g/mol. The lowest BCUT2D eigenvalue weighted by atomic mass is 10.1. The summed E-state index contributed by atoms with van der Waals surface area (Å²) in [6.07, 6.45) is -1.01. The van der Waals surface area contributed by atoms with Crippen molar-refractivity contribution in [3.05, 3.63) is 50.4 Å². The molecule has 3 N–H and O–H groups in total. The minimum atomic E-state index is -1.01. The number of nitro benzene ring substituents is 1. The van der Waals surface area contributed by atoms with Gasteiger partial charge in [-0.15, -0.1) is 11.3 Å². The number of ether oxygens (including phenoxy) is 1. The predicted molar refractivity (Wildman–Crippen MR) is 94.1 cm³/mol. The maximum atomic E-state index is 12.3. The average molecular weight is 363 g/mol. The summed E-state index contributed by atoms with van der Waals surface area (Å²) in [5, 5.41) is 13.9. The quantitative estimate of drug-likeness (QED) is 0.603. The molecule has 2 aromatic rings. The second-order valence-electron chi connectivity index (χ2n) is 5.33. The number of thiophene rings is 1. The molecule has 2 amide bonds. The number of benzene rings is 1. The topological polar surface area (TPSA) is 125 Å². The number of primary amides is 1. The van der Waals surface area contributed by atoms with E-state index in [-0.39, 0.29) is 17.0 Å². The number of amides is 2. The van der Waals surface area contributed by atoms with Crippen LogP contribution in [0.15, 0.2) is 24.3 Å². The third-order valence-corrected chi connectivity index (χ3v) is 4.73. The molecule has 0 saturated heterocycles. The molecule has 1 heterocycles. The second-order valence-corrected chi connectivity index (χ2v) is 6.55. The fourth-order valence-corrected chi connectivity index (χ4v) is 3.25. The molecule has 0 fully saturated rings. The zero-order valence-corrected chi connectivity index (χ0v) is 14.7. The van der Waals surface area contributed by atoms with E-state index in [0.29, 0.717) is 10.6 Å². The molecule has 2 rings (SSSR count). The highest BCUT2D eigenvalue weighted by atomic mass is 32.1. The van der Waals surface area contributed by atoms with Gasteiger partial charge in [0.1, 0.15) is 5.00 Å². The summed E-state index contributed by atoms with van der Waals surface area (Å²) < 4.78 is 5.41. The lowest BCUT2D eigenvalue weighted by Crippen LogP contribution is -2.30. The highest BCUT2D eigenvalue weighted by molar-refractivity contribution is 7.16. The van der Waals surface area contributed by atoms with E-state index >= 15 is 0 Å². The number of rotatable bonds is 6. The maximum absolute atomic E-state index is 12.3. The maximum Gasteiger partial charge on any atom is 0.310 e. The fraction of sp³-hybridized carbons (Fsp3) is 0.250. The largest absolute Gasteiger partial charge is 0.474 e. The molecule has 0 aliphatic heterocycles. The standard InChI is InChI=1S/C16H17N3O5S/c1-8-10(3)25-16(13(8)14(17)20)18-15(21)9(2)24-12-7-5-4-6-11(12)19(22)23/h4-7,9H,1-3H3,(H2,17,20)(H,18,21)/t9-/m1/s1. The van der Waals surface area contributed by atoms with Crippen molar-refractivity contribution in [2.24, 2.45) is 5.73 Å². The molecule has 8 nitrogen and oxygen atoms in total. The van der Waals surface area contributed by atoms with Crippen LogP contribution in [0.25, 0.3) is 0 Å². The van der Waals surface area contributed by atoms with Crippen LogP contribution in [0.3, 0.4) is 0 Å². The molecule has 1 aromatic carbocycles. The third kappa shape index (κ3) is 3.94. The van der Waals surface area contributed by atoms with Crippen molar-refractivity contribution in [1.82, 2.24) is 0 Å². The van der Waals surface area contributed by atoms with E-state index in [2.05, 4.69) is 5.32 Å². The summed E-state index contributed by atoms with van der Waals surface area (Å²) in [5.74, 6) is -1.19. The Labute approximate surface area is 147 Å². The highest BCUT2D eigenvalue weighted by Crippen LogP contribution is 2.32. The molecular formula is C16H17N3O5S. The molecule has 1 aromatic heterocycles. The van der Waals surface area contributed by atoms with Crippen molar-refractivity contribution < 1.29 is 19.2 Å². The Morgan fingerprint density at radius 2 is 1.96 bits per heavy atom. The van der Waals surface area contributed by atoms with Gasteiger partial charge in [-0.1, -0.05) is 12.1 Å². The van der Waals surface area contributed by atoms with Gasteiger partial charge in [-0.05, 0) is 32.4 Å². The molecule has 132 valence electrons. The highest BCUT2D eigenvalue weighted by Gasteiger charge is 2.24. The van der Waals surface area contributed by atoms with Crippen LogP contribution in [0.2, 0.25) is 0 Å². The zero-order valence-electron chi connectivity index (χ0n) is 13.9. The van der Waals surface area contributed by atoms with Gasteiger partial charge in [0.15, 0.2) is 11.9 Å². The van der Waals surface area contributed by atoms with E-state index < -0.39 is 22.8 Å². The number of nitrogens with one attached hydrogen (secondary N) is 1. The lowest BCUT2D eigenvalue weighted by molar-refractivity contribution is -0.386. The number of hydrogen-bond acceptors (Lipinski definition) is 6. The number of hydrogen-bond donors (Lipinski definition) is 2. The van der Waals surface area contributed by atoms with Crippen molar-refractivity contribution in [3.63, 3.8) is 0 Å². The third-order valence-electron chi connectivity index (χ3n) is 3.60. The van der Waals surface area contributed by atoms with Gasteiger partial charge in [0, 0.05) is 10.9 Å². The van der Waals surface area contributed by atoms with E-state index in [4.69, 9.17) is 10.5 Å². The molecule has 0 radical (unpaired) electrons. The Morgan fingerprint density at radius 3 is 2.56 bits per heavy atom. The van der Waals surface area contributed by atoms with Crippen LogP contribution in [0.5, 0.6) is 5.75 Å². The minimum Gasteiger partial charge on any atom is -0.474 e. The van der Waals surface area contributed by atoms with Crippen molar-refractivity contribution in [2.75, 3.05) is 5.32 Å². The number of anilines is 1. The smallest absolute Gasteiger partial charge is 0.310 e. The fourth-order valence-electron chi connectivity index (χ4n) is 2.18. The number of para-hydroxylation sites is 2. The molecule has 1 atom stereocenters. The number of aryl methyl sites for hydroxylation is 1. The summed E-state index contributed by atoms with van der Waals surface area (Å²) in [6, 6.07) is 5.78. The first-order valence-electron chi connectivity index (χ1n) is 7.33. The van der Waals surface area contributed by atoms with E-state index in [1.165, 1.54) is 36.5 Å². The summed E-state index contributed by atoms with van der Waals surface area (Å²) in [7, 11) is 0. The van der Waals surface area contributed by atoms with E-state index in [0.717, 1.165) is 4.88 Å². The van der Waals surface area contributed by atoms with E-state index in [1.54, 1.807) is 13.0 Å². The van der Waals surface area contributed by atoms with Gasteiger partial charge in [-0.25, -0.2) is 0 Å². The molecule has 0 unspecified atom stereocenters. The Hall–Kier alpha value is -2.94. The lowest BCUT2D eigenvalue weighted by Gasteiger charge is -2.14. The monoisotopic (exact) mass is 363 g/mol. The van der Waals surface area contributed by atoms with E-state index in [1.807, 2.05) is 6.92 Å². The Bertz CT molecular complexity index is 846. The van der Waals surface area contributed by atoms with Crippen LogP contribution < -0.4 is 15.8 Å². The van der Waals surface area contributed by atoms with Crippen molar-refractivity contribution >= 4 is 33.8 Å². The number of carbonyl (C=O) groups excluding carboxylic acids is 2. The molecule has 0 bridgehead atoms. The molecule has 0 saturated carbocycles. The van der Waals surface area contributed by atoms with Gasteiger partial charge in [-0.2, -0.15) is 0 Å². The van der Waals surface area contributed by atoms with E-state index in [9.17, 15) is 19.7 Å². The zero-order chi connectivity index (χ0) is 18.7. The molecule has 0 spiro atoms. The van der Waals surface area contributed by atoms with Gasteiger partial charge >= 0.3 is 5.69 Å². The van der Waals surface area contributed by atoms with Gasteiger partial charge in [0.2, 0.25) is 0 Å². The van der Waals surface area contributed by atoms with Gasteiger partial charge in [-0.3, -0.25) is 19.7 Å². The molecule has 0 aliphatic rings. The SMILES string of the molecule is Cc1sc(NC(=O)[C@@H](C)Oc2ccccc2[N+](=O)[O-])c(C(N)=O)c1C. The Morgan fingerprint density at radius 1 is 1.32 bits per heavy atom. The summed E-state index contributed by atoms with van der Waals surface area (Å²) >= 11 is 1.23. The van der Waals surface area contributed by atoms with Gasteiger partial charge in [0.05, 0.1) is 10.5 Å². The first-order chi connectivity index (χ1) is 11.7. The first-order valence-corrected chi connectivity index (χ1v) is 8.14. The van der Waals surface area contributed by atoms with Gasteiger partial charge in [0.25, 0.3) is 11.8 Å². The van der Waals surface area contributed by atoms with Crippen molar-refractivity contribution in [3.8, 4) is 5.75 Å². The number of carbonyl (C=O) groups is 2. The number of nitrogens with two attached hydrogens (primary N) is 1. The predicted octanol–water partition coefficient (Wildman–Crippen LogP) is 2.78. The summed E-state index contributed by atoms with van der Waals surface area (Å²) in [4.78, 5) is 35.2. The van der Waals surface area contributed by atoms with Crippen molar-refractivity contribution in [1.29, 1.82) is 0 Å². The molecule has 9 heteroatoms. The number of nitro groups is 1. The van der Waals surface area contributed by atoms with Crippen molar-refractivity contribution in [2.45, 2.75) is 26.9 Å². The van der Waals surface area contributed by atoms with Crippen LogP contribution in [0.1, 0.15) is 27.7 Å². The summed E-state index contributed by atoms with van der Waals surface area (Å²) in [6.45, 7) is 5.02. The first kappa shape index (κ1) is 18.4. The number of nitrogens with zero attached hydrogens (tertiary/aromatic N) is 1. The van der Waals surface area contributed by atoms with Crippen LogP contribution in [-0.4, -0.2) is 22.8 Å². The average Bonchev–Trinajstić information content (AvgIpc) is 2.81. The molecule has 25 heavy (non-hydrogen) atoms. The minimum absolute atomic E-state index is 0.0104.